The van der Waals surface area contributed by atoms with Crippen LogP contribution in [-0.2, 0) is 33.8 Å². The second-order valence-electron chi connectivity index (χ2n) is 8.28. The van der Waals surface area contributed by atoms with Gasteiger partial charge in [0.2, 0.25) is 5.91 Å². The van der Waals surface area contributed by atoms with Gasteiger partial charge in [-0.3, -0.25) is 9.59 Å². The summed E-state index contributed by atoms with van der Waals surface area (Å²) in [5.41, 5.74) is 2.70. The molecule has 0 aliphatic carbocycles. The Morgan fingerprint density at radius 2 is 1.28 bits per heavy atom. The largest absolute Gasteiger partial charge is 0.481 e. The van der Waals surface area contributed by atoms with Crippen LogP contribution in [0.4, 0.5) is 4.79 Å². The van der Waals surface area contributed by atoms with Crippen LogP contribution in [0.3, 0.4) is 0 Å². The van der Waals surface area contributed by atoms with Crippen molar-refractivity contribution in [2.75, 3.05) is 0 Å². The first-order valence-electron chi connectivity index (χ1n) is 11.7. The number of carboxylic acids is 1. The molecule has 0 heterocycles. The molecule has 0 bridgehead atoms. The summed E-state index contributed by atoms with van der Waals surface area (Å²) in [7, 11) is 0. The second kappa shape index (κ2) is 14.1. The molecule has 0 aliphatic heterocycles. The molecule has 0 fully saturated rings. The lowest BCUT2D eigenvalue weighted by atomic mass is 10.0. The molecule has 0 aliphatic rings. The van der Waals surface area contributed by atoms with Gasteiger partial charge in [-0.1, -0.05) is 103 Å². The van der Waals surface area contributed by atoms with Gasteiger partial charge in [-0.05, 0) is 23.1 Å². The molecule has 3 aromatic rings. The summed E-state index contributed by atoms with van der Waals surface area (Å²) in [5, 5.41) is 14.6. The summed E-state index contributed by atoms with van der Waals surface area (Å²) < 4.78 is 5.33. The second-order valence-corrected chi connectivity index (χ2v) is 8.28. The van der Waals surface area contributed by atoms with Crippen molar-refractivity contribution in [3.05, 3.63) is 120 Å². The number of aliphatic carboxylic acids is 1. The zero-order chi connectivity index (χ0) is 25.6. The monoisotopic (exact) mass is 486 g/mol. The molecule has 7 heteroatoms. The molecular weight excluding hydrogens is 456 g/mol. The molecule has 3 aromatic carbocycles. The first-order chi connectivity index (χ1) is 17.5. The number of amides is 2. The number of carbonyl (C=O) groups is 3. The Kier molecular flexibility index (Phi) is 10.3. The maximum absolute atomic E-state index is 13.3. The van der Waals surface area contributed by atoms with Crippen LogP contribution in [0.25, 0.3) is 0 Å². The number of hydrogen-bond acceptors (Lipinski definition) is 4. The van der Waals surface area contributed by atoms with Crippen LogP contribution in [0.15, 0.2) is 103 Å². The van der Waals surface area contributed by atoms with Gasteiger partial charge in [-0.2, -0.15) is 0 Å². The van der Waals surface area contributed by atoms with Gasteiger partial charge < -0.3 is 20.5 Å². The zero-order valence-corrected chi connectivity index (χ0v) is 19.9. The highest BCUT2D eigenvalue weighted by Crippen LogP contribution is 2.09. The van der Waals surface area contributed by atoms with Crippen LogP contribution in [0.5, 0.6) is 0 Å². The van der Waals surface area contributed by atoms with E-state index >= 15 is 0 Å². The van der Waals surface area contributed by atoms with E-state index in [4.69, 9.17) is 9.84 Å². The summed E-state index contributed by atoms with van der Waals surface area (Å²) >= 11 is 0. The Balaban J connectivity index is 1.71. The highest BCUT2D eigenvalue weighted by atomic mass is 16.5. The standard InChI is InChI=1S/C29H30N2O5/c32-27(33)18-10-17-25(19-22-11-4-1-5-12-22)30-28(34)26(20-23-13-6-2-7-14-23)31-29(35)36-21-24-15-8-3-9-16-24/h1-17,25-26H,18-21H2,(H,30,34)(H,31,35)(H,32,33)/b17-10+/t25-,26+/m1/s1. The zero-order valence-electron chi connectivity index (χ0n) is 19.9. The summed E-state index contributed by atoms with van der Waals surface area (Å²) in [6, 6.07) is 26.9. The highest BCUT2D eigenvalue weighted by molar-refractivity contribution is 5.86. The number of hydrogen-bond donors (Lipinski definition) is 3. The lowest BCUT2D eigenvalue weighted by Gasteiger charge is -2.22. The molecule has 3 N–H and O–H groups in total. The average Bonchev–Trinajstić information content (AvgIpc) is 2.88. The number of alkyl carbamates (subject to hydrolysis) is 1. The number of ether oxygens (including phenoxy) is 1. The molecule has 0 radical (unpaired) electrons. The molecule has 0 spiro atoms. The van der Waals surface area contributed by atoms with Crippen LogP contribution in [0, 0.1) is 0 Å². The van der Waals surface area contributed by atoms with E-state index in [1.54, 1.807) is 6.08 Å². The minimum atomic E-state index is -0.958. The van der Waals surface area contributed by atoms with E-state index in [-0.39, 0.29) is 19.4 Å². The van der Waals surface area contributed by atoms with Crippen molar-refractivity contribution in [1.82, 2.24) is 10.6 Å². The van der Waals surface area contributed by atoms with Crippen LogP contribution < -0.4 is 10.6 Å². The Morgan fingerprint density at radius 3 is 1.83 bits per heavy atom. The van der Waals surface area contributed by atoms with Gasteiger partial charge in [-0.15, -0.1) is 0 Å². The number of carbonyl (C=O) groups excluding carboxylic acids is 2. The van der Waals surface area contributed by atoms with Crippen molar-refractivity contribution < 1.29 is 24.2 Å². The van der Waals surface area contributed by atoms with Crippen molar-refractivity contribution in [3.8, 4) is 0 Å². The molecular formula is C29H30N2O5. The molecule has 36 heavy (non-hydrogen) atoms. The first kappa shape index (κ1) is 26.2. The summed E-state index contributed by atoms with van der Waals surface area (Å²) in [5.74, 6) is -1.35. The first-order valence-corrected chi connectivity index (χ1v) is 11.7. The van der Waals surface area contributed by atoms with Crippen molar-refractivity contribution >= 4 is 18.0 Å². The van der Waals surface area contributed by atoms with Gasteiger partial charge in [-0.25, -0.2) is 4.79 Å². The fourth-order valence-electron chi connectivity index (χ4n) is 3.62. The van der Waals surface area contributed by atoms with E-state index in [1.807, 2.05) is 91.0 Å². The lowest BCUT2D eigenvalue weighted by Crippen LogP contribution is -2.50. The van der Waals surface area contributed by atoms with Crippen LogP contribution >= 0.6 is 0 Å². The van der Waals surface area contributed by atoms with Gasteiger partial charge in [0.1, 0.15) is 12.6 Å². The quantitative estimate of drug-likeness (QED) is 0.332. The smallest absolute Gasteiger partial charge is 0.408 e. The fraction of sp³-hybridized carbons (Fsp3) is 0.207. The van der Waals surface area contributed by atoms with E-state index in [0.29, 0.717) is 6.42 Å². The predicted molar refractivity (Wildman–Crippen MR) is 137 cm³/mol. The number of benzene rings is 3. The Bertz CT molecular complexity index is 1130. The molecule has 0 aromatic heterocycles. The molecule has 0 unspecified atom stereocenters. The van der Waals surface area contributed by atoms with Crippen molar-refractivity contribution in [2.45, 2.75) is 38.0 Å². The van der Waals surface area contributed by atoms with Crippen molar-refractivity contribution in [1.29, 1.82) is 0 Å². The van der Waals surface area contributed by atoms with Crippen LogP contribution in [-0.4, -0.2) is 35.2 Å². The van der Waals surface area contributed by atoms with Crippen molar-refractivity contribution in [2.24, 2.45) is 0 Å². The maximum atomic E-state index is 13.3. The summed E-state index contributed by atoms with van der Waals surface area (Å²) in [6.45, 7) is 0.0842. The SMILES string of the molecule is O=C(O)C/C=C/[C@H](Cc1ccccc1)NC(=O)[C@H](Cc1ccccc1)NC(=O)OCc1ccccc1. The molecule has 2 atom stereocenters. The number of rotatable bonds is 12. The highest BCUT2D eigenvalue weighted by Gasteiger charge is 2.24. The molecule has 7 nitrogen and oxygen atoms in total. The van der Waals surface area contributed by atoms with Crippen LogP contribution in [0.2, 0.25) is 0 Å². The third-order valence-electron chi connectivity index (χ3n) is 5.39. The van der Waals surface area contributed by atoms with Gasteiger partial charge in [0.15, 0.2) is 0 Å². The van der Waals surface area contributed by atoms with Gasteiger partial charge in [0, 0.05) is 6.42 Å². The molecule has 0 saturated carbocycles. The topological polar surface area (TPSA) is 105 Å². The Morgan fingerprint density at radius 1 is 0.750 bits per heavy atom. The summed E-state index contributed by atoms with van der Waals surface area (Å²) in [6.07, 6.45) is 3.08. The van der Waals surface area contributed by atoms with E-state index in [0.717, 1.165) is 16.7 Å². The Labute approximate surface area is 210 Å². The average molecular weight is 487 g/mol. The third kappa shape index (κ3) is 9.46. The molecule has 186 valence electrons. The van der Waals surface area contributed by atoms with E-state index in [1.165, 1.54) is 6.08 Å². The maximum Gasteiger partial charge on any atom is 0.408 e. The van der Waals surface area contributed by atoms with Crippen molar-refractivity contribution in [3.63, 3.8) is 0 Å². The lowest BCUT2D eigenvalue weighted by molar-refractivity contribution is -0.136. The number of nitrogens with one attached hydrogen (secondary N) is 2. The van der Waals surface area contributed by atoms with Crippen LogP contribution in [0.1, 0.15) is 23.1 Å². The van der Waals surface area contributed by atoms with E-state index in [2.05, 4.69) is 10.6 Å². The molecule has 2 amide bonds. The molecule has 3 rings (SSSR count). The summed E-state index contributed by atoms with van der Waals surface area (Å²) in [4.78, 5) is 36.8. The van der Waals surface area contributed by atoms with Gasteiger partial charge >= 0.3 is 12.1 Å². The van der Waals surface area contributed by atoms with E-state index in [9.17, 15) is 14.4 Å². The van der Waals surface area contributed by atoms with Gasteiger partial charge in [0.05, 0.1) is 12.5 Å². The third-order valence-corrected chi connectivity index (χ3v) is 5.39. The predicted octanol–water partition coefficient (Wildman–Crippen LogP) is 4.28. The fourth-order valence-corrected chi connectivity index (χ4v) is 3.62. The Hall–Kier alpha value is -4.39. The minimum absolute atomic E-state index is 0.0842. The van der Waals surface area contributed by atoms with E-state index < -0.39 is 30.1 Å². The normalized spacial score (nSPS) is 12.4. The molecule has 0 saturated heterocycles. The minimum Gasteiger partial charge on any atom is -0.481 e. The number of carboxylic acid groups (broad SMARTS) is 1. The van der Waals surface area contributed by atoms with Gasteiger partial charge in [0.25, 0.3) is 0 Å².